The molecule has 0 atom stereocenters. The summed E-state index contributed by atoms with van der Waals surface area (Å²) in [6, 6.07) is 12.9. The molecular formula is C22H23ClN2O3S. The monoisotopic (exact) mass is 430 g/mol. The number of carbonyl (C=O) groups is 1. The Labute approximate surface area is 180 Å². The topological polar surface area (TPSA) is 51.1 Å². The minimum Gasteiger partial charge on any atom is -0.495 e. The largest absolute Gasteiger partial charge is 0.495 e. The summed E-state index contributed by atoms with van der Waals surface area (Å²) in [6.07, 6.45) is 1.89. The van der Waals surface area contributed by atoms with Crippen LogP contribution in [-0.2, 0) is 4.79 Å². The highest BCUT2D eigenvalue weighted by Gasteiger charge is 2.32. The van der Waals surface area contributed by atoms with Crippen LogP contribution in [0.1, 0.15) is 26.3 Å². The fourth-order valence-corrected chi connectivity index (χ4v) is 3.81. The second kappa shape index (κ2) is 9.37. The number of hydrogen-bond acceptors (Lipinski definition) is 5. The van der Waals surface area contributed by atoms with E-state index in [1.165, 1.54) is 11.8 Å². The number of rotatable bonds is 6. The molecule has 0 N–H and O–H groups in total. The first-order chi connectivity index (χ1) is 13.9. The zero-order valence-electron chi connectivity index (χ0n) is 16.8. The lowest BCUT2D eigenvalue weighted by Crippen LogP contribution is -2.30. The molecule has 29 heavy (non-hydrogen) atoms. The number of carbonyl (C=O) groups excluding carboxylic acids is 1. The number of methoxy groups -OCH3 is 1. The third kappa shape index (κ3) is 4.95. The average Bonchev–Trinajstić information content (AvgIpc) is 2.98. The molecule has 0 radical (unpaired) electrons. The van der Waals surface area contributed by atoms with Crippen molar-refractivity contribution in [1.82, 2.24) is 0 Å². The van der Waals surface area contributed by atoms with Gasteiger partial charge in [-0.1, -0.05) is 42.4 Å². The highest BCUT2D eigenvalue weighted by molar-refractivity contribution is 8.14. The Balaban J connectivity index is 1.90. The van der Waals surface area contributed by atoms with Crippen LogP contribution in [0.3, 0.4) is 0 Å². The van der Waals surface area contributed by atoms with E-state index in [9.17, 15) is 4.79 Å². The van der Waals surface area contributed by atoms with E-state index < -0.39 is 0 Å². The third-order valence-electron chi connectivity index (χ3n) is 4.05. The number of thioether (sulfide) groups is 1. The van der Waals surface area contributed by atoms with E-state index in [0.29, 0.717) is 27.3 Å². The van der Waals surface area contributed by atoms with Gasteiger partial charge in [-0.25, -0.2) is 4.99 Å². The van der Waals surface area contributed by atoms with Crippen molar-refractivity contribution in [2.75, 3.05) is 17.8 Å². The summed E-state index contributed by atoms with van der Waals surface area (Å²) in [6.45, 7) is 5.98. The van der Waals surface area contributed by atoms with Crippen LogP contribution >= 0.6 is 23.4 Å². The fourth-order valence-electron chi connectivity index (χ4n) is 2.82. The summed E-state index contributed by atoms with van der Waals surface area (Å²) in [7, 11) is 1.56. The van der Waals surface area contributed by atoms with Crippen LogP contribution in [0.5, 0.6) is 11.5 Å². The molecule has 7 heteroatoms. The summed E-state index contributed by atoms with van der Waals surface area (Å²) in [5.41, 5.74) is 1.92. The van der Waals surface area contributed by atoms with Gasteiger partial charge in [0.25, 0.3) is 5.91 Å². The second-order valence-electron chi connectivity index (χ2n) is 6.55. The van der Waals surface area contributed by atoms with Crippen molar-refractivity contribution >= 4 is 46.2 Å². The number of amides is 1. The smallest absolute Gasteiger partial charge is 0.283 e. The van der Waals surface area contributed by atoms with Crippen molar-refractivity contribution in [3.8, 4) is 11.5 Å². The maximum atomic E-state index is 13.1. The van der Waals surface area contributed by atoms with Crippen molar-refractivity contribution in [3.63, 3.8) is 0 Å². The highest BCUT2D eigenvalue weighted by Crippen LogP contribution is 2.34. The van der Waals surface area contributed by atoms with Crippen LogP contribution in [0, 0.1) is 0 Å². The molecule has 3 rings (SSSR count). The molecule has 0 saturated carbocycles. The Hall–Kier alpha value is -2.44. The molecule has 2 aromatic carbocycles. The number of hydrogen-bond donors (Lipinski definition) is 0. The van der Waals surface area contributed by atoms with Gasteiger partial charge < -0.3 is 9.47 Å². The Morgan fingerprint density at radius 3 is 2.52 bits per heavy atom. The first-order valence-corrected chi connectivity index (χ1v) is 10.7. The van der Waals surface area contributed by atoms with Crippen molar-refractivity contribution in [2.24, 2.45) is 4.99 Å². The van der Waals surface area contributed by atoms with Gasteiger partial charge in [-0.15, -0.1) is 0 Å². The predicted molar refractivity (Wildman–Crippen MR) is 121 cm³/mol. The third-order valence-corrected chi connectivity index (χ3v) is 5.17. The van der Waals surface area contributed by atoms with Crippen molar-refractivity contribution in [3.05, 3.63) is 58.7 Å². The number of amidine groups is 1. The van der Waals surface area contributed by atoms with Crippen LogP contribution in [-0.4, -0.2) is 30.0 Å². The van der Waals surface area contributed by atoms with Crippen LogP contribution in [0.25, 0.3) is 6.08 Å². The molecule has 1 amide bonds. The summed E-state index contributed by atoms with van der Waals surface area (Å²) < 4.78 is 10.9. The fraction of sp³-hybridized carbons (Fsp3) is 0.273. The SMILES string of the molecule is CCSC1=NC(=Cc2ccc(OC(C)C)cc2)C(=O)N1c1ccc(OC)c(Cl)c1. The van der Waals surface area contributed by atoms with Gasteiger partial charge in [0, 0.05) is 0 Å². The lowest BCUT2D eigenvalue weighted by Gasteiger charge is -2.18. The molecule has 1 aliphatic rings. The molecule has 0 fully saturated rings. The first kappa shape index (κ1) is 21.3. The van der Waals surface area contributed by atoms with Crippen molar-refractivity contribution in [2.45, 2.75) is 26.9 Å². The number of halogens is 1. The summed E-state index contributed by atoms with van der Waals surface area (Å²) in [5.74, 6) is 1.95. The molecule has 152 valence electrons. The lowest BCUT2D eigenvalue weighted by molar-refractivity contribution is -0.113. The molecular weight excluding hydrogens is 408 g/mol. The van der Waals surface area contributed by atoms with Gasteiger partial charge in [-0.05, 0) is 61.6 Å². The van der Waals surface area contributed by atoms with Gasteiger partial charge in [0.2, 0.25) is 0 Å². The Morgan fingerprint density at radius 1 is 1.21 bits per heavy atom. The molecule has 0 spiro atoms. The average molecular weight is 431 g/mol. The predicted octanol–water partition coefficient (Wildman–Crippen LogP) is 5.63. The molecule has 1 heterocycles. The van der Waals surface area contributed by atoms with Crippen LogP contribution in [0.15, 0.2) is 53.2 Å². The zero-order valence-corrected chi connectivity index (χ0v) is 18.4. The zero-order chi connectivity index (χ0) is 21.0. The molecule has 1 aliphatic heterocycles. The first-order valence-electron chi connectivity index (χ1n) is 9.30. The summed E-state index contributed by atoms with van der Waals surface area (Å²) >= 11 is 7.77. The molecule has 0 unspecified atom stereocenters. The lowest BCUT2D eigenvalue weighted by atomic mass is 10.2. The number of anilines is 1. The van der Waals surface area contributed by atoms with E-state index in [-0.39, 0.29) is 12.0 Å². The molecule has 0 aromatic heterocycles. The van der Waals surface area contributed by atoms with Gasteiger partial charge in [-0.2, -0.15) is 0 Å². The van der Waals surface area contributed by atoms with Crippen LogP contribution < -0.4 is 14.4 Å². The van der Waals surface area contributed by atoms with Crippen molar-refractivity contribution < 1.29 is 14.3 Å². The molecule has 0 bridgehead atoms. The maximum Gasteiger partial charge on any atom is 0.283 e. The maximum absolute atomic E-state index is 13.1. The number of ether oxygens (including phenoxy) is 2. The van der Waals surface area contributed by atoms with Gasteiger partial charge in [0.05, 0.1) is 23.9 Å². The molecule has 5 nitrogen and oxygen atoms in total. The molecule has 0 saturated heterocycles. The highest BCUT2D eigenvalue weighted by atomic mass is 35.5. The summed E-state index contributed by atoms with van der Waals surface area (Å²) in [4.78, 5) is 19.3. The van der Waals surface area contributed by atoms with Crippen LogP contribution in [0.4, 0.5) is 5.69 Å². The van der Waals surface area contributed by atoms with E-state index >= 15 is 0 Å². The number of nitrogens with zero attached hydrogens (tertiary/aromatic N) is 2. The molecule has 2 aromatic rings. The van der Waals surface area contributed by atoms with E-state index in [1.54, 1.807) is 36.3 Å². The minimum atomic E-state index is -0.190. The van der Waals surface area contributed by atoms with Gasteiger partial charge in [0.1, 0.15) is 17.2 Å². The Kier molecular flexibility index (Phi) is 6.87. The standard InChI is InChI=1S/C22H23ClN2O3S/c1-5-29-22-24-19(12-15-6-9-17(10-7-15)28-14(2)3)21(26)25(22)16-8-11-20(27-4)18(23)13-16/h6-14H,5H2,1-4H3. The molecule has 0 aliphatic carbocycles. The van der Waals surface area contributed by atoms with E-state index in [4.69, 9.17) is 21.1 Å². The number of aliphatic imine (C=N–C) groups is 1. The Bertz CT molecular complexity index is 955. The summed E-state index contributed by atoms with van der Waals surface area (Å²) in [5, 5.41) is 1.07. The van der Waals surface area contributed by atoms with E-state index in [0.717, 1.165) is 17.1 Å². The van der Waals surface area contributed by atoms with Crippen molar-refractivity contribution in [1.29, 1.82) is 0 Å². The Morgan fingerprint density at radius 2 is 1.93 bits per heavy atom. The van der Waals surface area contributed by atoms with Gasteiger partial charge in [0.15, 0.2) is 5.17 Å². The number of benzene rings is 2. The van der Waals surface area contributed by atoms with Gasteiger partial charge in [-0.3, -0.25) is 9.69 Å². The second-order valence-corrected chi connectivity index (χ2v) is 8.19. The normalized spacial score (nSPS) is 15.2. The van der Waals surface area contributed by atoms with E-state index in [2.05, 4.69) is 4.99 Å². The van der Waals surface area contributed by atoms with E-state index in [1.807, 2.05) is 45.0 Å². The van der Waals surface area contributed by atoms with Crippen LogP contribution in [0.2, 0.25) is 5.02 Å². The quantitative estimate of drug-likeness (QED) is 0.557. The minimum absolute atomic E-state index is 0.110. The van der Waals surface area contributed by atoms with Gasteiger partial charge >= 0.3 is 0 Å².